The summed E-state index contributed by atoms with van der Waals surface area (Å²) in [5.74, 6) is 0. The largest absolute Gasteiger partial charge is 0.342 e. The Morgan fingerprint density at radius 2 is 2.00 bits per heavy atom. The van der Waals surface area contributed by atoms with Crippen molar-refractivity contribution in [1.29, 1.82) is 0 Å². The van der Waals surface area contributed by atoms with Crippen LogP contribution in [0, 0.1) is 0 Å². The first-order valence-corrected chi connectivity index (χ1v) is 5.65. The van der Waals surface area contributed by atoms with E-state index >= 15 is 0 Å². The van der Waals surface area contributed by atoms with Crippen LogP contribution in [0.15, 0.2) is 30.3 Å². The van der Waals surface area contributed by atoms with Crippen molar-refractivity contribution in [3.8, 4) is 0 Å². The quantitative estimate of drug-likeness (QED) is 0.612. The molecule has 0 aromatic heterocycles. The number of hydrogen-bond acceptors (Lipinski definition) is 3. The van der Waals surface area contributed by atoms with Crippen molar-refractivity contribution < 1.29 is 18.8 Å². The molecule has 0 saturated carbocycles. The van der Waals surface area contributed by atoms with E-state index in [9.17, 15) is 14.3 Å². The maximum Gasteiger partial charge on any atom is 0.342 e. The summed E-state index contributed by atoms with van der Waals surface area (Å²) in [4.78, 5) is 20.0. The predicted octanol–water partition coefficient (Wildman–Crippen LogP) is 1.76. The fourth-order valence-corrected chi connectivity index (χ4v) is 2.04. The first kappa shape index (κ1) is 11.1. The number of aldehydes is 1. The minimum absolute atomic E-state index is 0.430. The molecule has 0 spiro atoms. The van der Waals surface area contributed by atoms with Gasteiger partial charge in [0.1, 0.15) is 11.9 Å². The summed E-state index contributed by atoms with van der Waals surface area (Å²) in [6, 6.07) is 8.38. The Hall–Kier alpha value is -0.960. The highest BCUT2D eigenvalue weighted by atomic mass is 31.2. The van der Waals surface area contributed by atoms with Gasteiger partial charge in [-0.1, -0.05) is 30.3 Å². The second-order valence-electron chi connectivity index (χ2n) is 2.74. The first-order valence-electron chi connectivity index (χ1n) is 4.00. The average Bonchev–Trinajstić information content (AvgIpc) is 2.20. The maximum absolute atomic E-state index is 11.4. The van der Waals surface area contributed by atoms with Crippen LogP contribution in [0.4, 0.5) is 0 Å². The highest BCUT2D eigenvalue weighted by Crippen LogP contribution is 2.54. The molecule has 1 N–H and O–H groups in total. The standard InChI is InChI=1S/C9H11O4P/c1-13-14(11,12)9(7-10)8-5-3-2-4-6-8/h2-7,9H,1H3,(H,11,12). The van der Waals surface area contributed by atoms with Crippen LogP contribution in [0.25, 0.3) is 0 Å². The Morgan fingerprint density at radius 3 is 2.43 bits per heavy atom. The topological polar surface area (TPSA) is 63.6 Å². The van der Waals surface area contributed by atoms with Crippen molar-refractivity contribution in [2.24, 2.45) is 0 Å². The van der Waals surface area contributed by atoms with E-state index in [4.69, 9.17) is 0 Å². The molecule has 76 valence electrons. The van der Waals surface area contributed by atoms with E-state index in [1.165, 1.54) is 0 Å². The highest BCUT2D eigenvalue weighted by Gasteiger charge is 2.32. The number of carbonyl (C=O) groups excluding carboxylic acids is 1. The molecular formula is C9H11O4P. The van der Waals surface area contributed by atoms with Gasteiger partial charge in [-0.05, 0) is 5.56 Å². The van der Waals surface area contributed by atoms with Crippen molar-refractivity contribution in [1.82, 2.24) is 0 Å². The summed E-state index contributed by atoms with van der Waals surface area (Å²) in [5, 5.41) is 0. The van der Waals surface area contributed by atoms with Crippen LogP contribution >= 0.6 is 7.60 Å². The lowest BCUT2D eigenvalue weighted by Gasteiger charge is -2.15. The third kappa shape index (κ3) is 2.29. The molecule has 2 atom stereocenters. The molecule has 1 aromatic rings. The van der Waals surface area contributed by atoms with Crippen LogP contribution < -0.4 is 0 Å². The van der Waals surface area contributed by atoms with Gasteiger partial charge in [0.15, 0.2) is 0 Å². The lowest BCUT2D eigenvalue weighted by Crippen LogP contribution is -2.02. The molecule has 0 fully saturated rings. The molecule has 2 unspecified atom stereocenters. The van der Waals surface area contributed by atoms with Gasteiger partial charge >= 0.3 is 7.60 Å². The van der Waals surface area contributed by atoms with Crippen LogP contribution in [0.5, 0.6) is 0 Å². The summed E-state index contributed by atoms with van der Waals surface area (Å²) < 4.78 is 15.8. The molecule has 0 radical (unpaired) electrons. The minimum Gasteiger partial charge on any atom is -0.324 e. The van der Waals surface area contributed by atoms with E-state index < -0.39 is 13.3 Å². The normalized spacial score (nSPS) is 17.0. The molecule has 0 aliphatic rings. The van der Waals surface area contributed by atoms with E-state index in [2.05, 4.69) is 4.52 Å². The zero-order valence-electron chi connectivity index (χ0n) is 7.66. The second-order valence-corrected chi connectivity index (χ2v) is 4.79. The average molecular weight is 214 g/mol. The molecule has 14 heavy (non-hydrogen) atoms. The predicted molar refractivity (Wildman–Crippen MR) is 52.1 cm³/mol. The summed E-state index contributed by atoms with van der Waals surface area (Å²) in [7, 11) is -2.76. The molecule has 4 nitrogen and oxygen atoms in total. The van der Waals surface area contributed by atoms with Crippen molar-refractivity contribution in [2.45, 2.75) is 5.66 Å². The van der Waals surface area contributed by atoms with Gasteiger partial charge in [0, 0.05) is 7.11 Å². The lowest BCUT2D eigenvalue weighted by atomic mass is 10.2. The SMILES string of the molecule is COP(=O)(O)C(C=O)c1ccccc1. The summed E-state index contributed by atoms with van der Waals surface area (Å²) in [5.41, 5.74) is -0.621. The van der Waals surface area contributed by atoms with Gasteiger partial charge in [0.25, 0.3) is 0 Å². The zero-order chi connectivity index (χ0) is 10.6. The van der Waals surface area contributed by atoms with E-state index in [1.807, 2.05) is 0 Å². The Bertz CT molecular complexity index is 349. The summed E-state index contributed by atoms with van der Waals surface area (Å²) in [6.07, 6.45) is 0.430. The molecule has 5 heteroatoms. The zero-order valence-corrected chi connectivity index (χ0v) is 8.56. The fourth-order valence-electron chi connectivity index (χ4n) is 1.11. The third-order valence-corrected chi connectivity index (χ3v) is 3.53. The summed E-state index contributed by atoms with van der Waals surface area (Å²) in [6.45, 7) is 0. The second kappa shape index (κ2) is 4.51. The van der Waals surface area contributed by atoms with Gasteiger partial charge in [-0.15, -0.1) is 0 Å². The lowest BCUT2D eigenvalue weighted by molar-refractivity contribution is -0.107. The summed E-state index contributed by atoms with van der Waals surface area (Å²) >= 11 is 0. The van der Waals surface area contributed by atoms with Crippen LogP contribution in [0.1, 0.15) is 11.2 Å². The van der Waals surface area contributed by atoms with Crippen molar-refractivity contribution in [3.05, 3.63) is 35.9 Å². The Labute approximate surface area is 82.1 Å². The fraction of sp³-hybridized carbons (Fsp3) is 0.222. The first-order chi connectivity index (χ1) is 6.61. The van der Waals surface area contributed by atoms with E-state index in [-0.39, 0.29) is 0 Å². The monoisotopic (exact) mass is 214 g/mol. The smallest absolute Gasteiger partial charge is 0.324 e. The van der Waals surface area contributed by atoms with E-state index in [0.29, 0.717) is 11.8 Å². The number of hydrogen-bond donors (Lipinski definition) is 1. The van der Waals surface area contributed by atoms with Crippen molar-refractivity contribution in [2.75, 3.05) is 7.11 Å². The molecule has 0 amide bonds. The van der Waals surface area contributed by atoms with Crippen LogP contribution in [0.3, 0.4) is 0 Å². The van der Waals surface area contributed by atoms with Gasteiger partial charge in [0.05, 0.1) is 0 Å². The van der Waals surface area contributed by atoms with Crippen LogP contribution in [-0.4, -0.2) is 18.3 Å². The van der Waals surface area contributed by atoms with Crippen molar-refractivity contribution in [3.63, 3.8) is 0 Å². The highest BCUT2D eigenvalue weighted by molar-refractivity contribution is 7.54. The van der Waals surface area contributed by atoms with Crippen LogP contribution in [0.2, 0.25) is 0 Å². The molecule has 0 bridgehead atoms. The minimum atomic E-state index is -3.87. The number of rotatable bonds is 4. The number of benzene rings is 1. The maximum atomic E-state index is 11.4. The van der Waals surface area contributed by atoms with Gasteiger partial charge in [-0.2, -0.15) is 0 Å². The molecule has 0 heterocycles. The molecule has 1 aromatic carbocycles. The molecule has 0 aliphatic heterocycles. The Balaban J connectivity index is 3.06. The van der Waals surface area contributed by atoms with Gasteiger partial charge in [-0.3, -0.25) is 4.57 Å². The Morgan fingerprint density at radius 1 is 1.43 bits per heavy atom. The Kier molecular flexibility index (Phi) is 3.58. The van der Waals surface area contributed by atoms with Gasteiger partial charge in [0.2, 0.25) is 0 Å². The van der Waals surface area contributed by atoms with Gasteiger partial charge < -0.3 is 14.2 Å². The van der Waals surface area contributed by atoms with Crippen LogP contribution in [-0.2, 0) is 13.9 Å². The van der Waals surface area contributed by atoms with E-state index in [0.717, 1.165) is 7.11 Å². The molecular weight excluding hydrogens is 203 g/mol. The third-order valence-electron chi connectivity index (χ3n) is 1.88. The number of carbonyl (C=O) groups is 1. The molecule has 1 rings (SSSR count). The molecule has 0 saturated heterocycles. The van der Waals surface area contributed by atoms with Gasteiger partial charge in [-0.25, -0.2) is 0 Å². The van der Waals surface area contributed by atoms with Crippen molar-refractivity contribution >= 4 is 13.9 Å². The molecule has 0 aliphatic carbocycles. The van der Waals surface area contributed by atoms with E-state index in [1.54, 1.807) is 30.3 Å².